The van der Waals surface area contributed by atoms with E-state index < -0.39 is 17.6 Å². The van der Waals surface area contributed by atoms with Crippen LogP contribution in [0.5, 0.6) is 0 Å². The Morgan fingerprint density at radius 3 is 2.78 bits per heavy atom. The fourth-order valence-electron chi connectivity index (χ4n) is 4.07. The Bertz CT molecular complexity index is 1460. The van der Waals surface area contributed by atoms with Crippen LogP contribution in [0.1, 0.15) is 38.7 Å². The third kappa shape index (κ3) is 4.63. The van der Waals surface area contributed by atoms with Crippen molar-refractivity contribution < 1.29 is 22.8 Å². The number of hydrogen-bond acceptors (Lipinski definition) is 5. The maximum Gasteiger partial charge on any atom is 0.417 e. The minimum atomic E-state index is -4.54. The van der Waals surface area contributed by atoms with Crippen molar-refractivity contribution in [2.75, 3.05) is 6.54 Å². The standard InChI is InChI=1S/C23H19ClF3N7O2/c24-16-7-13(23(25,26)27)9-29-17(16)4-5-28-22(36)21-15-11-33(12-18(15)31-32-21)20(35)8-14-10-30-19-3-1-2-6-34(14)19/h1-3,6-7,9-10H,4-5,8,11-12H2,(H,28,36)(H,31,32). The first-order valence-corrected chi connectivity index (χ1v) is 11.3. The second kappa shape index (κ2) is 9.26. The van der Waals surface area contributed by atoms with Crippen molar-refractivity contribution in [2.24, 2.45) is 0 Å². The number of hydrogen-bond donors (Lipinski definition) is 2. The van der Waals surface area contributed by atoms with E-state index in [2.05, 4.69) is 25.5 Å². The fourth-order valence-corrected chi connectivity index (χ4v) is 4.33. The van der Waals surface area contributed by atoms with Gasteiger partial charge in [0.1, 0.15) is 5.65 Å². The highest BCUT2D eigenvalue weighted by Gasteiger charge is 2.32. The molecule has 13 heteroatoms. The third-order valence-electron chi connectivity index (χ3n) is 5.94. The molecule has 0 aromatic carbocycles. The molecular weight excluding hydrogens is 499 g/mol. The number of fused-ring (bicyclic) bond motifs is 2. The lowest BCUT2D eigenvalue weighted by Crippen LogP contribution is -2.30. The van der Waals surface area contributed by atoms with Gasteiger partial charge in [-0.2, -0.15) is 18.3 Å². The Morgan fingerprint density at radius 1 is 1.17 bits per heavy atom. The summed E-state index contributed by atoms with van der Waals surface area (Å²) >= 11 is 5.92. The van der Waals surface area contributed by atoms with Crippen LogP contribution in [0, 0.1) is 0 Å². The Balaban J connectivity index is 1.18. The second-order valence-electron chi connectivity index (χ2n) is 8.29. The van der Waals surface area contributed by atoms with Crippen molar-refractivity contribution in [1.82, 2.24) is 34.8 Å². The second-order valence-corrected chi connectivity index (χ2v) is 8.70. The van der Waals surface area contributed by atoms with Crippen LogP contribution >= 0.6 is 11.6 Å². The summed E-state index contributed by atoms with van der Waals surface area (Å²) in [7, 11) is 0. The molecule has 5 heterocycles. The summed E-state index contributed by atoms with van der Waals surface area (Å²) in [5.74, 6) is -0.578. The average Bonchev–Trinajstić information content (AvgIpc) is 3.54. The highest BCUT2D eigenvalue weighted by atomic mass is 35.5. The zero-order chi connectivity index (χ0) is 25.4. The minimum absolute atomic E-state index is 0.0927. The van der Waals surface area contributed by atoms with E-state index in [0.29, 0.717) is 24.0 Å². The van der Waals surface area contributed by atoms with E-state index in [1.54, 1.807) is 11.1 Å². The highest BCUT2D eigenvalue weighted by molar-refractivity contribution is 6.31. The summed E-state index contributed by atoms with van der Waals surface area (Å²) < 4.78 is 40.1. The molecule has 36 heavy (non-hydrogen) atoms. The number of aromatic amines is 1. The number of halogens is 4. The molecule has 0 unspecified atom stereocenters. The smallest absolute Gasteiger partial charge is 0.350 e. The third-order valence-corrected chi connectivity index (χ3v) is 6.26. The van der Waals surface area contributed by atoms with Gasteiger partial charge in [-0.1, -0.05) is 17.7 Å². The number of pyridine rings is 2. The van der Waals surface area contributed by atoms with E-state index in [0.717, 1.165) is 17.4 Å². The summed E-state index contributed by atoms with van der Waals surface area (Å²) in [5.41, 5.74) is 2.29. The first-order valence-electron chi connectivity index (χ1n) is 11.0. The van der Waals surface area contributed by atoms with E-state index in [-0.39, 0.29) is 48.2 Å². The van der Waals surface area contributed by atoms with E-state index in [1.165, 1.54) is 0 Å². The van der Waals surface area contributed by atoms with Crippen LogP contribution in [0.3, 0.4) is 0 Å². The molecule has 4 aromatic heterocycles. The number of carbonyl (C=O) groups excluding carboxylic acids is 2. The van der Waals surface area contributed by atoms with Crippen molar-refractivity contribution in [1.29, 1.82) is 0 Å². The molecular formula is C23H19ClF3N7O2. The normalized spacial score (nSPS) is 13.3. The number of amides is 2. The molecule has 5 rings (SSSR count). The maximum atomic E-state index is 12.9. The minimum Gasteiger partial charge on any atom is -0.350 e. The summed E-state index contributed by atoms with van der Waals surface area (Å²) in [5, 5.41) is 9.44. The lowest BCUT2D eigenvalue weighted by Gasteiger charge is -2.15. The average molecular weight is 518 g/mol. The van der Waals surface area contributed by atoms with Crippen LogP contribution in [0.25, 0.3) is 5.65 Å². The number of imidazole rings is 1. The van der Waals surface area contributed by atoms with Gasteiger partial charge in [0.25, 0.3) is 5.91 Å². The van der Waals surface area contributed by atoms with Gasteiger partial charge in [-0.05, 0) is 18.2 Å². The van der Waals surface area contributed by atoms with Gasteiger partial charge in [0, 0.05) is 37.1 Å². The SMILES string of the molecule is O=C(NCCc1ncc(C(F)(F)F)cc1Cl)c1n[nH]c2c1CN(C(=O)Cc1cnc3ccccn13)C2. The van der Waals surface area contributed by atoms with Gasteiger partial charge in [-0.3, -0.25) is 19.7 Å². The van der Waals surface area contributed by atoms with Gasteiger partial charge in [-0.15, -0.1) is 0 Å². The lowest BCUT2D eigenvalue weighted by molar-refractivity contribution is -0.137. The molecule has 0 atom stereocenters. The van der Waals surface area contributed by atoms with Crippen molar-refractivity contribution in [3.05, 3.63) is 81.8 Å². The van der Waals surface area contributed by atoms with Gasteiger partial charge < -0.3 is 14.6 Å². The van der Waals surface area contributed by atoms with Crippen LogP contribution in [-0.2, 0) is 36.9 Å². The molecule has 0 aliphatic carbocycles. The maximum absolute atomic E-state index is 12.9. The number of nitrogens with one attached hydrogen (secondary N) is 2. The Morgan fingerprint density at radius 2 is 2.00 bits per heavy atom. The molecule has 186 valence electrons. The Labute approximate surface area is 207 Å². The van der Waals surface area contributed by atoms with Crippen LogP contribution in [-0.4, -0.2) is 47.8 Å². The number of rotatable bonds is 6. The van der Waals surface area contributed by atoms with E-state index in [1.807, 2.05) is 28.8 Å². The van der Waals surface area contributed by atoms with Crippen LogP contribution < -0.4 is 5.32 Å². The monoisotopic (exact) mass is 517 g/mol. The molecule has 0 fully saturated rings. The molecule has 2 N–H and O–H groups in total. The molecule has 0 spiro atoms. The molecule has 0 radical (unpaired) electrons. The number of aromatic nitrogens is 5. The predicted molar refractivity (Wildman–Crippen MR) is 122 cm³/mol. The quantitative estimate of drug-likeness (QED) is 0.408. The molecule has 1 aliphatic rings. The lowest BCUT2D eigenvalue weighted by atomic mass is 10.2. The molecule has 4 aromatic rings. The van der Waals surface area contributed by atoms with Crippen molar-refractivity contribution >= 4 is 29.1 Å². The predicted octanol–water partition coefficient (Wildman–Crippen LogP) is 3.18. The largest absolute Gasteiger partial charge is 0.417 e. The summed E-state index contributed by atoms with van der Waals surface area (Å²) in [6, 6.07) is 6.40. The molecule has 0 bridgehead atoms. The molecule has 0 saturated heterocycles. The van der Waals surface area contributed by atoms with Crippen LogP contribution in [0.4, 0.5) is 13.2 Å². The molecule has 9 nitrogen and oxygen atoms in total. The summed E-state index contributed by atoms with van der Waals surface area (Å²) in [6.45, 7) is 0.627. The summed E-state index contributed by atoms with van der Waals surface area (Å²) in [4.78, 5) is 35.3. The van der Waals surface area contributed by atoms with Gasteiger partial charge in [0.2, 0.25) is 5.91 Å². The fraction of sp³-hybridized carbons (Fsp3) is 0.261. The van der Waals surface area contributed by atoms with E-state index >= 15 is 0 Å². The first-order chi connectivity index (χ1) is 17.2. The van der Waals surface area contributed by atoms with Gasteiger partial charge in [-0.25, -0.2) is 4.98 Å². The highest BCUT2D eigenvalue weighted by Crippen LogP contribution is 2.31. The number of carbonyl (C=O) groups is 2. The first kappa shape index (κ1) is 23.8. The molecule has 1 aliphatic heterocycles. The van der Waals surface area contributed by atoms with Gasteiger partial charge in [0.05, 0.1) is 47.2 Å². The summed E-state index contributed by atoms with van der Waals surface area (Å²) in [6.07, 6.45) is -0.0176. The number of H-pyrrole nitrogens is 1. The van der Waals surface area contributed by atoms with E-state index in [9.17, 15) is 22.8 Å². The van der Waals surface area contributed by atoms with Crippen LogP contribution in [0.2, 0.25) is 5.02 Å². The van der Waals surface area contributed by atoms with Crippen molar-refractivity contribution in [3.8, 4) is 0 Å². The number of alkyl halides is 3. The van der Waals surface area contributed by atoms with Crippen molar-refractivity contribution in [3.63, 3.8) is 0 Å². The van der Waals surface area contributed by atoms with Crippen LogP contribution in [0.15, 0.2) is 42.9 Å². The van der Waals surface area contributed by atoms with E-state index in [4.69, 9.17) is 11.6 Å². The Hall–Kier alpha value is -3.93. The number of nitrogens with zero attached hydrogens (tertiary/aromatic N) is 5. The van der Waals surface area contributed by atoms with Gasteiger partial charge >= 0.3 is 6.18 Å². The van der Waals surface area contributed by atoms with Crippen molar-refractivity contribution in [2.45, 2.75) is 32.1 Å². The topological polar surface area (TPSA) is 108 Å². The Kier molecular flexibility index (Phi) is 6.12. The zero-order valence-electron chi connectivity index (χ0n) is 18.6. The van der Waals surface area contributed by atoms with Gasteiger partial charge in [0.15, 0.2) is 5.69 Å². The molecule has 2 amide bonds. The zero-order valence-corrected chi connectivity index (χ0v) is 19.4. The molecule has 0 saturated carbocycles.